The maximum atomic E-state index is 13.9. The Kier molecular flexibility index (Phi) is 9.76. The SMILES string of the molecule is CC.CCc1ccc(OCC(=O)NC2(C)CC(c3nc(COc4cnc(C(F)(F)F)c(Cl)c4)no3)C2)cc1F. The van der Waals surface area contributed by atoms with E-state index < -0.39 is 22.4 Å². The van der Waals surface area contributed by atoms with Gasteiger partial charge in [-0.15, -0.1) is 0 Å². The Labute approximate surface area is 228 Å². The molecule has 0 atom stereocenters. The second kappa shape index (κ2) is 12.6. The fourth-order valence-corrected chi connectivity index (χ4v) is 4.34. The van der Waals surface area contributed by atoms with Crippen LogP contribution < -0.4 is 14.8 Å². The van der Waals surface area contributed by atoms with Crippen molar-refractivity contribution in [3.63, 3.8) is 0 Å². The van der Waals surface area contributed by atoms with Crippen molar-refractivity contribution in [2.45, 2.75) is 71.2 Å². The number of carbonyl (C=O) groups excluding carboxylic acids is 1. The lowest BCUT2D eigenvalue weighted by atomic mass is 9.69. The Bertz CT molecular complexity index is 1280. The molecule has 1 aliphatic rings. The third-order valence-electron chi connectivity index (χ3n) is 5.90. The highest BCUT2D eigenvalue weighted by molar-refractivity contribution is 6.31. The molecule has 39 heavy (non-hydrogen) atoms. The zero-order chi connectivity index (χ0) is 28.8. The molecule has 0 aliphatic heterocycles. The fraction of sp³-hybridized carbons (Fsp3) is 0.462. The Morgan fingerprint density at radius 1 is 1.21 bits per heavy atom. The molecule has 4 rings (SSSR count). The molecule has 0 bridgehead atoms. The molecule has 3 aromatic rings. The Morgan fingerprint density at radius 2 is 1.92 bits per heavy atom. The van der Waals surface area contributed by atoms with E-state index in [1.807, 2.05) is 27.7 Å². The average Bonchev–Trinajstić information content (AvgIpc) is 3.34. The smallest absolute Gasteiger partial charge is 0.434 e. The highest BCUT2D eigenvalue weighted by atomic mass is 35.5. The zero-order valence-electron chi connectivity index (χ0n) is 21.9. The number of rotatable bonds is 9. The summed E-state index contributed by atoms with van der Waals surface area (Å²) in [4.78, 5) is 19.9. The summed E-state index contributed by atoms with van der Waals surface area (Å²) in [6.45, 7) is 7.30. The van der Waals surface area contributed by atoms with E-state index in [9.17, 15) is 22.4 Å². The molecule has 1 fully saturated rings. The molecule has 1 aliphatic carbocycles. The molecule has 0 unspecified atom stereocenters. The third kappa shape index (κ3) is 7.81. The van der Waals surface area contributed by atoms with Gasteiger partial charge in [0.05, 0.1) is 11.2 Å². The molecule has 1 amide bonds. The van der Waals surface area contributed by atoms with Gasteiger partial charge in [0.1, 0.15) is 17.3 Å². The number of carbonyl (C=O) groups is 1. The predicted molar refractivity (Wildman–Crippen MR) is 134 cm³/mol. The van der Waals surface area contributed by atoms with Crippen LogP contribution >= 0.6 is 11.6 Å². The van der Waals surface area contributed by atoms with Crippen molar-refractivity contribution in [1.82, 2.24) is 20.4 Å². The van der Waals surface area contributed by atoms with Crippen LogP contribution in [0.2, 0.25) is 5.02 Å². The van der Waals surface area contributed by atoms with E-state index >= 15 is 0 Å². The van der Waals surface area contributed by atoms with Crippen LogP contribution in [0.15, 0.2) is 35.0 Å². The molecule has 1 N–H and O–H groups in total. The van der Waals surface area contributed by atoms with Gasteiger partial charge in [0.25, 0.3) is 5.91 Å². The van der Waals surface area contributed by atoms with E-state index in [1.165, 1.54) is 6.07 Å². The van der Waals surface area contributed by atoms with Crippen LogP contribution in [0.25, 0.3) is 0 Å². The second-order valence-corrected chi connectivity index (χ2v) is 9.35. The number of halogens is 5. The second-order valence-electron chi connectivity index (χ2n) is 8.95. The Morgan fingerprint density at radius 3 is 2.54 bits per heavy atom. The summed E-state index contributed by atoms with van der Waals surface area (Å²) >= 11 is 5.63. The van der Waals surface area contributed by atoms with Crippen molar-refractivity contribution in [3.8, 4) is 11.5 Å². The number of alkyl halides is 3. The van der Waals surface area contributed by atoms with Crippen LogP contribution in [-0.2, 0) is 24.0 Å². The van der Waals surface area contributed by atoms with Crippen LogP contribution in [-0.4, -0.2) is 33.2 Å². The number of nitrogens with zero attached hydrogens (tertiary/aromatic N) is 3. The number of hydrogen-bond acceptors (Lipinski definition) is 7. The molecule has 0 saturated heterocycles. The number of amides is 1. The predicted octanol–water partition coefficient (Wildman–Crippen LogP) is 6.27. The van der Waals surface area contributed by atoms with Gasteiger partial charge in [0.2, 0.25) is 11.7 Å². The summed E-state index contributed by atoms with van der Waals surface area (Å²) in [5.74, 6) is 0.0362. The molecule has 2 aromatic heterocycles. The first-order chi connectivity index (χ1) is 18.5. The van der Waals surface area contributed by atoms with E-state index in [2.05, 4.69) is 20.4 Å². The first-order valence-corrected chi connectivity index (χ1v) is 12.7. The van der Waals surface area contributed by atoms with Gasteiger partial charge in [-0.3, -0.25) is 4.79 Å². The van der Waals surface area contributed by atoms with Crippen LogP contribution in [0.3, 0.4) is 0 Å². The minimum absolute atomic E-state index is 0.0227. The largest absolute Gasteiger partial charge is 0.484 e. The maximum absolute atomic E-state index is 13.9. The van der Waals surface area contributed by atoms with E-state index in [0.29, 0.717) is 30.7 Å². The molecule has 212 valence electrons. The van der Waals surface area contributed by atoms with Gasteiger partial charge in [-0.2, -0.15) is 18.2 Å². The molecule has 0 spiro atoms. The number of nitrogens with one attached hydrogen (secondary N) is 1. The van der Waals surface area contributed by atoms with Crippen molar-refractivity contribution in [2.24, 2.45) is 0 Å². The topological polar surface area (TPSA) is 99.4 Å². The lowest BCUT2D eigenvalue weighted by Gasteiger charge is -2.44. The van der Waals surface area contributed by atoms with Gasteiger partial charge in [-0.25, -0.2) is 9.37 Å². The first kappa shape index (κ1) is 30.1. The van der Waals surface area contributed by atoms with Crippen molar-refractivity contribution < 1.29 is 36.4 Å². The van der Waals surface area contributed by atoms with E-state index in [-0.39, 0.29) is 48.2 Å². The summed E-state index contributed by atoms with van der Waals surface area (Å²) in [5, 5.41) is 6.14. The van der Waals surface area contributed by atoms with Crippen LogP contribution in [0.5, 0.6) is 11.5 Å². The Balaban J connectivity index is 0.00000205. The first-order valence-electron chi connectivity index (χ1n) is 12.4. The molecule has 0 radical (unpaired) electrons. The minimum Gasteiger partial charge on any atom is -0.484 e. The summed E-state index contributed by atoms with van der Waals surface area (Å²) in [6, 6.07) is 5.51. The van der Waals surface area contributed by atoms with E-state index in [4.69, 9.17) is 25.6 Å². The maximum Gasteiger partial charge on any atom is 0.434 e. The number of pyridine rings is 1. The van der Waals surface area contributed by atoms with Crippen LogP contribution in [0, 0.1) is 5.82 Å². The standard InChI is InChI=1S/C24H23ClF4N4O4.C2H6/c1-3-13-4-5-15(7-18(13)26)36-12-20(34)32-23(2)8-14(9-23)22-31-19(33-37-22)11-35-16-6-17(25)21(30-10-16)24(27,28)29;1-2/h4-7,10,14H,3,8-9,11-12H2,1-2H3,(H,32,34);1-2H3. The monoisotopic (exact) mass is 572 g/mol. The van der Waals surface area contributed by atoms with Gasteiger partial charge < -0.3 is 19.3 Å². The van der Waals surface area contributed by atoms with Gasteiger partial charge in [-0.1, -0.05) is 43.6 Å². The molecule has 13 heteroatoms. The van der Waals surface area contributed by atoms with Crippen LogP contribution in [0.1, 0.15) is 69.4 Å². The van der Waals surface area contributed by atoms with Gasteiger partial charge >= 0.3 is 6.18 Å². The molecule has 2 heterocycles. The number of hydrogen-bond donors (Lipinski definition) is 1. The van der Waals surface area contributed by atoms with Crippen molar-refractivity contribution in [1.29, 1.82) is 0 Å². The van der Waals surface area contributed by atoms with Gasteiger partial charge in [-0.05, 0) is 37.8 Å². The molecule has 1 aromatic carbocycles. The zero-order valence-corrected chi connectivity index (χ0v) is 22.6. The van der Waals surface area contributed by atoms with E-state index in [0.717, 1.165) is 12.3 Å². The summed E-state index contributed by atoms with van der Waals surface area (Å²) in [6.07, 6.45) is -2.11. The van der Waals surface area contributed by atoms with Crippen LogP contribution in [0.4, 0.5) is 17.6 Å². The molecule has 8 nitrogen and oxygen atoms in total. The normalized spacial score (nSPS) is 18.4. The number of ether oxygens (including phenoxy) is 2. The van der Waals surface area contributed by atoms with Crippen molar-refractivity contribution in [3.05, 3.63) is 64.3 Å². The Hall–Kier alpha value is -3.41. The molecular formula is C26H29ClF4N4O4. The van der Waals surface area contributed by atoms with E-state index in [1.54, 1.807) is 12.1 Å². The molecular weight excluding hydrogens is 544 g/mol. The highest BCUT2D eigenvalue weighted by Crippen LogP contribution is 2.44. The average molecular weight is 573 g/mol. The summed E-state index contributed by atoms with van der Waals surface area (Å²) in [7, 11) is 0. The molecule has 1 saturated carbocycles. The third-order valence-corrected chi connectivity index (χ3v) is 6.18. The highest BCUT2D eigenvalue weighted by Gasteiger charge is 2.44. The quantitative estimate of drug-likeness (QED) is 0.301. The van der Waals surface area contributed by atoms with Gasteiger partial charge in [0.15, 0.2) is 18.9 Å². The van der Waals surface area contributed by atoms with Gasteiger partial charge in [0, 0.05) is 23.6 Å². The van der Waals surface area contributed by atoms with Crippen molar-refractivity contribution >= 4 is 17.5 Å². The summed E-state index contributed by atoms with van der Waals surface area (Å²) in [5.41, 5.74) is -1.13. The number of aryl methyl sites for hydroxylation is 1. The van der Waals surface area contributed by atoms with Crippen molar-refractivity contribution in [2.75, 3.05) is 6.61 Å². The lowest BCUT2D eigenvalue weighted by molar-refractivity contribution is -0.141. The summed E-state index contributed by atoms with van der Waals surface area (Å²) < 4.78 is 68.2. The number of aromatic nitrogens is 3. The fourth-order valence-electron chi connectivity index (χ4n) is 4.08. The lowest BCUT2D eigenvalue weighted by Crippen LogP contribution is -2.55. The number of benzene rings is 1. The minimum atomic E-state index is -4.66.